The zero-order valence-electron chi connectivity index (χ0n) is 14.8. The Bertz CT molecular complexity index is 360. The summed E-state index contributed by atoms with van der Waals surface area (Å²) in [4.78, 5) is 0. The molecule has 0 aromatic carbocycles. The number of rotatable bonds is 11. The Hall–Kier alpha value is -0.760. The summed E-state index contributed by atoms with van der Waals surface area (Å²) < 4.78 is 2.34. The largest absolute Gasteiger partial charge is 0.354 e. The van der Waals surface area contributed by atoms with Gasteiger partial charge in [-0.15, -0.1) is 0 Å². The van der Waals surface area contributed by atoms with Crippen molar-refractivity contribution in [2.24, 2.45) is 0 Å². The summed E-state index contributed by atoms with van der Waals surface area (Å²) in [7, 11) is 0. The molecule has 2 heteroatoms. The van der Waals surface area contributed by atoms with Crippen LogP contribution in [0.4, 0.5) is 0 Å². The van der Waals surface area contributed by atoms with Crippen LogP contribution in [-0.2, 0) is 13.1 Å². The maximum absolute atomic E-state index is 3.54. The normalized spacial score (nSPS) is 12.0. The Morgan fingerprint density at radius 2 is 1.57 bits per heavy atom. The topological polar surface area (TPSA) is 17.0 Å². The first kappa shape index (κ1) is 18.3. The van der Waals surface area contributed by atoms with Crippen LogP contribution in [0.5, 0.6) is 0 Å². The lowest BCUT2D eigenvalue weighted by Crippen LogP contribution is -2.34. The van der Waals surface area contributed by atoms with Gasteiger partial charge in [0.2, 0.25) is 0 Å². The van der Waals surface area contributed by atoms with E-state index in [0.29, 0.717) is 0 Å². The molecule has 0 aliphatic carbocycles. The Balaban J connectivity index is 2.06. The lowest BCUT2D eigenvalue weighted by molar-refractivity contribution is 0.424. The molecule has 1 rings (SSSR count). The second-order valence-corrected chi connectivity index (χ2v) is 7.34. The summed E-state index contributed by atoms with van der Waals surface area (Å²) in [5.41, 5.74) is 1.59. The fourth-order valence-corrected chi connectivity index (χ4v) is 2.53. The van der Waals surface area contributed by atoms with Crippen molar-refractivity contribution >= 4 is 0 Å². The minimum Gasteiger partial charge on any atom is -0.354 e. The van der Waals surface area contributed by atoms with E-state index in [2.05, 4.69) is 56.0 Å². The Kier molecular flexibility index (Phi) is 8.75. The molecular formula is C19H36N2. The highest BCUT2D eigenvalue weighted by Gasteiger charge is 2.08. The summed E-state index contributed by atoms with van der Waals surface area (Å²) in [6, 6.07) is 2.24. The van der Waals surface area contributed by atoms with Crippen LogP contribution in [0.15, 0.2) is 18.5 Å². The fraction of sp³-hybridized carbons (Fsp3) is 0.789. The van der Waals surface area contributed by atoms with E-state index in [1.165, 1.54) is 63.5 Å². The van der Waals surface area contributed by atoms with Gasteiger partial charge in [-0.2, -0.15) is 0 Å². The zero-order valence-corrected chi connectivity index (χ0v) is 14.8. The maximum Gasteiger partial charge on any atom is 0.0225 e. The minimum atomic E-state index is 0.194. The SMILES string of the molecule is CCCCCCCCCCn1ccc(CNC(C)(C)C)c1. The summed E-state index contributed by atoms with van der Waals surface area (Å²) in [5.74, 6) is 0. The molecule has 1 heterocycles. The van der Waals surface area contributed by atoms with E-state index >= 15 is 0 Å². The van der Waals surface area contributed by atoms with Crippen molar-refractivity contribution < 1.29 is 0 Å². The van der Waals surface area contributed by atoms with Crippen molar-refractivity contribution in [1.29, 1.82) is 0 Å². The average Bonchev–Trinajstić information content (AvgIpc) is 2.87. The number of aromatic nitrogens is 1. The zero-order chi connectivity index (χ0) is 15.6. The molecule has 0 amide bonds. The van der Waals surface area contributed by atoms with Gasteiger partial charge in [0.05, 0.1) is 0 Å². The van der Waals surface area contributed by atoms with Gasteiger partial charge in [0, 0.05) is 31.0 Å². The van der Waals surface area contributed by atoms with Crippen LogP contribution < -0.4 is 5.32 Å². The van der Waals surface area contributed by atoms with Crippen LogP contribution in [0.25, 0.3) is 0 Å². The van der Waals surface area contributed by atoms with Gasteiger partial charge in [0.25, 0.3) is 0 Å². The smallest absolute Gasteiger partial charge is 0.0225 e. The van der Waals surface area contributed by atoms with E-state index in [1.807, 2.05) is 0 Å². The molecule has 0 atom stereocenters. The van der Waals surface area contributed by atoms with E-state index in [-0.39, 0.29) is 5.54 Å². The van der Waals surface area contributed by atoms with Crippen molar-refractivity contribution in [1.82, 2.24) is 9.88 Å². The number of unbranched alkanes of at least 4 members (excludes halogenated alkanes) is 7. The van der Waals surface area contributed by atoms with Crippen LogP contribution in [0.1, 0.15) is 84.6 Å². The first-order valence-electron chi connectivity index (χ1n) is 8.91. The van der Waals surface area contributed by atoms with Crippen LogP contribution in [0.3, 0.4) is 0 Å². The second-order valence-electron chi connectivity index (χ2n) is 7.34. The molecule has 0 fully saturated rings. The van der Waals surface area contributed by atoms with E-state index in [4.69, 9.17) is 0 Å². The predicted molar refractivity (Wildman–Crippen MR) is 93.6 cm³/mol. The first-order chi connectivity index (χ1) is 10.0. The number of aryl methyl sites for hydroxylation is 1. The number of hydrogen-bond donors (Lipinski definition) is 1. The molecule has 0 spiro atoms. The Labute approximate surface area is 132 Å². The molecule has 0 bridgehead atoms. The van der Waals surface area contributed by atoms with Crippen molar-refractivity contribution in [3.05, 3.63) is 24.0 Å². The van der Waals surface area contributed by atoms with Crippen molar-refractivity contribution in [3.63, 3.8) is 0 Å². The monoisotopic (exact) mass is 292 g/mol. The minimum absolute atomic E-state index is 0.194. The van der Waals surface area contributed by atoms with Crippen LogP contribution >= 0.6 is 0 Å². The summed E-state index contributed by atoms with van der Waals surface area (Å²) >= 11 is 0. The highest BCUT2D eigenvalue weighted by Crippen LogP contribution is 2.10. The summed E-state index contributed by atoms with van der Waals surface area (Å²) in [5, 5.41) is 3.54. The van der Waals surface area contributed by atoms with Gasteiger partial charge in [-0.3, -0.25) is 0 Å². The molecule has 21 heavy (non-hydrogen) atoms. The number of nitrogens with one attached hydrogen (secondary N) is 1. The molecule has 0 aliphatic rings. The van der Waals surface area contributed by atoms with Crippen LogP contribution in [0, 0.1) is 0 Å². The molecular weight excluding hydrogens is 256 g/mol. The molecule has 0 radical (unpaired) electrons. The molecule has 2 nitrogen and oxygen atoms in total. The summed E-state index contributed by atoms with van der Waals surface area (Å²) in [6.45, 7) is 11.1. The van der Waals surface area contributed by atoms with Gasteiger partial charge >= 0.3 is 0 Å². The predicted octanol–water partition coefficient (Wildman–Crippen LogP) is 5.52. The molecule has 1 aromatic rings. The van der Waals surface area contributed by atoms with Gasteiger partial charge < -0.3 is 9.88 Å². The van der Waals surface area contributed by atoms with Crippen molar-refractivity contribution in [3.8, 4) is 0 Å². The third kappa shape index (κ3) is 9.73. The Morgan fingerprint density at radius 1 is 0.952 bits per heavy atom. The third-order valence-electron chi connectivity index (χ3n) is 3.90. The molecule has 1 N–H and O–H groups in total. The van der Waals surface area contributed by atoms with Gasteiger partial charge in [-0.25, -0.2) is 0 Å². The molecule has 0 saturated heterocycles. The van der Waals surface area contributed by atoms with E-state index in [0.717, 1.165) is 6.54 Å². The highest BCUT2D eigenvalue weighted by molar-refractivity contribution is 5.10. The van der Waals surface area contributed by atoms with E-state index < -0.39 is 0 Å². The first-order valence-corrected chi connectivity index (χ1v) is 8.91. The van der Waals surface area contributed by atoms with Gasteiger partial charge in [-0.1, -0.05) is 51.9 Å². The van der Waals surface area contributed by atoms with E-state index in [9.17, 15) is 0 Å². The maximum atomic E-state index is 3.54. The molecule has 122 valence electrons. The average molecular weight is 293 g/mol. The van der Waals surface area contributed by atoms with Gasteiger partial charge in [0.15, 0.2) is 0 Å². The van der Waals surface area contributed by atoms with Crippen LogP contribution in [0.2, 0.25) is 0 Å². The standard InChI is InChI=1S/C19H36N2/c1-5-6-7-8-9-10-11-12-14-21-15-13-18(17-21)16-20-19(2,3)4/h13,15,17,20H,5-12,14,16H2,1-4H3. The number of hydrogen-bond acceptors (Lipinski definition) is 1. The van der Waals surface area contributed by atoms with E-state index in [1.54, 1.807) is 0 Å². The van der Waals surface area contributed by atoms with Crippen molar-refractivity contribution in [2.45, 2.75) is 97.7 Å². The second kappa shape index (κ2) is 10.0. The number of nitrogens with zero attached hydrogens (tertiary/aromatic N) is 1. The molecule has 0 aliphatic heterocycles. The summed E-state index contributed by atoms with van der Waals surface area (Å²) in [6.07, 6.45) is 15.7. The van der Waals surface area contributed by atoms with Crippen molar-refractivity contribution in [2.75, 3.05) is 0 Å². The van der Waals surface area contributed by atoms with Crippen LogP contribution in [-0.4, -0.2) is 10.1 Å². The van der Waals surface area contributed by atoms with Gasteiger partial charge in [-0.05, 0) is 38.8 Å². The fourth-order valence-electron chi connectivity index (χ4n) is 2.53. The van der Waals surface area contributed by atoms with Gasteiger partial charge in [0.1, 0.15) is 0 Å². The molecule has 1 aromatic heterocycles. The lowest BCUT2D eigenvalue weighted by atomic mass is 10.1. The highest BCUT2D eigenvalue weighted by atomic mass is 15.0. The Morgan fingerprint density at radius 3 is 2.19 bits per heavy atom. The quantitative estimate of drug-likeness (QED) is 0.532. The lowest BCUT2D eigenvalue weighted by Gasteiger charge is -2.19. The molecule has 0 saturated carbocycles. The third-order valence-corrected chi connectivity index (χ3v) is 3.90. The molecule has 0 unspecified atom stereocenters.